The largest absolute Gasteiger partial charge is 0.502 e. The zero-order chi connectivity index (χ0) is 15.6. The highest BCUT2D eigenvalue weighted by Gasteiger charge is 2.21. The summed E-state index contributed by atoms with van der Waals surface area (Å²) in [5, 5.41) is 23.1. The smallest absolute Gasteiger partial charge is 0.311 e. The van der Waals surface area contributed by atoms with Crippen LogP contribution in [0.3, 0.4) is 0 Å². The highest BCUT2D eigenvalue weighted by atomic mass is 79.9. The second kappa shape index (κ2) is 6.23. The summed E-state index contributed by atoms with van der Waals surface area (Å²) in [5.41, 5.74) is -0.203. The number of halogens is 2. The molecule has 21 heavy (non-hydrogen) atoms. The third-order valence-electron chi connectivity index (χ3n) is 2.64. The van der Waals surface area contributed by atoms with E-state index < -0.39 is 22.3 Å². The van der Waals surface area contributed by atoms with Crippen molar-refractivity contribution >= 4 is 49.1 Å². The zero-order valence-electron chi connectivity index (χ0n) is 10.3. The van der Waals surface area contributed by atoms with Crippen molar-refractivity contribution in [1.29, 1.82) is 0 Å². The van der Waals surface area contributed by atoms with E-state index in [-0.39, 0.29) is 5.56 Å². The summed E-state index contributed by atoms with van der Waals surface area (Å²) in [5.74, 6) is -1.30. The number of carbonyl (C=O) groups excluding carboxylic acids is 1. The third kappa shape index (κ3) is 3.40. The highest BCUT2D eigenvalue weighted by molar-refractivity contribution is 9.11. The van der Waals surface area contributed by atoms with E-state index in [9.17, 15) is 20.0 Å². The second-order valence-electron chi connectivity index (χ2n) is 4.01. The fourth-order valence-electron chi connectivity index (χ4n) is 1.64. The van der Waals surface area contributed by atoms with Crippen LogP contribution in [0.1, 0.15) is 10.4 Å². The number of nitro benzene ring substituents is 1. The molecule has 2 aromatic carbocycles. The first-order valence-corrected chi connectivity index (χ1v) is 7.21. The maximum atomic E-state index is 12.1. The maximum Gasteiger partial charge on any atom is 0.311 e. The van der Waals surface area contributed by atoms with Gasteiger partial charge in [0.25, 0.3) is 5.91 Å². The molecular formula is C13H8Br2N2O4. The van der Waals surface area contributed by atoms with Gasteiger partial charge in [0.1, 0.15) is 0 Å². The van der Waals surface area contributed by atoms with Gasteiger partial charge in [0.05, 0.1) is 16.2 Å². The molecule has 0 bridgehead atoms. The molecular weight excluding hydrogens is 408 g/mol. The van der Waals surface area contributed by atoms with Gasteiger partial charge in [0, 0.05) is 15.0 Å². The summed E-state index contributed by atoms with van der Waals surface area (Å²) < 4.78 is 1.46. The van der Waals surface area contributed by atoms with Crippen LogP contribution >= 0.6 is 31.9 Å². The Morgan fingerprint density at radius 3 is 2.57 bits per heavy atom. The number of aromatic hydroxyl groups is 1. The SMILES string of the molecule is O=C(Nc1ccc(Br)cc1Br)c1cccc([N+](=O)[O-])c1O. The van der Waals surface area contributed by atoms with Crippen LogP contribution in [-0.4, -0.2) is 15.9 Å². The average molecular weight is 416 g/mol. The molecule has 8 heteroatoms. The first-order chi connectivity index (χ1) is 9.90. The van der Waals surface area contributed by atoms with Gasteiger partial charge in [-0.3, -0.25) is 14.9 Å². The van der Waals surface area contributed by atoms with Crippen LogP contribution in [0.4, 0.5) is 11.4 Å². The van der Waals surface area contributed by atoms with Gasteiger partial charge in [-0.25, -0.2) is 0 Å². The Hall–Kier alpha value is -1.93. The van der Waals surface area contributed by atoms with Gasteiger partial charge in [-0.1, -0.05) is 22.0 Å². The van der Waals surface area contributed by atoms with E-state index in [1.165, 1.54) is 12.1 Å². The minimum atomic E-state index is -0.748. The summed E-state index contributed by atoms with van der Waals surface area (Å²) in [6.07, 6.45) is 0. The van der Waals surface area contributed by atoms with E-state index >= 15 is 0 Å². The molecule has 0 spiro atoms. The lowest BCUT2D eigenvalue weighted by Crippen LogP contribution is -2.13. The molecule has 0 saturated carbocycles. The number of anilines is 1. The zero-order valence-corrected chi connectivity index (χ0v) is 13.5. The predicted octanol–water partition coefficient (Wildman–Crippen LogP) is 4.08. The van der Waals surface area contributed by atoms with Gasteiger partial charge in [0.15, 0.2) is 0 Å². The molecule has 0 aromatic heterocycles. The van der Waals surface area contributed by atoms with Gasteiger partial charge < -0.3 is 10.4 Å². The van der Waals surface area contributed by atoms with E-state index in [1.54, 1.807) is 18.2 Å². The van der Waals surface area contributed by atoms with E-state index in [0.29, 0.717) is 10.2 Å². The number of nitrogens with zero attached hydrogens (tertiary/aromatic N) is 1. The van der Waals surface area contributed by atoms with Crippen molar-refractivity contribution in [2.24, 2.45) is 0 Å². The highest BCUT2D eigenvalue weighted by Crippen LogP contribution is 2.31. The van der Waals surface area contributed by atoms with Crippen LogP contribution in [-0.2, 0) is 0 Å². The van der Waals surface area contributed by atoms with Gasteiger partial charge in [-0.2, -0.15) is 0 Å². The number of hydrogen-bond acceptors (Lipinski definition) is 4. The molecule has 0 aliphatic carbocycles. The fraction of sp³-hybridized carbons (Fsp3) is 0. The Morgan fingerprint density at radius 2 is 1.95 bits per heavy atom. The Morgan fingerprint density at radius 1 is 1.24 bits per heavy atom. The summed E-state index contributed by atoms with van der Waals surface area (Å²) in [6, 6.07) is 8.90. The first-order valence-electron chi connectivity index (χ1n) is 5.63. The number of carbonyl (C=O) groups is 1. The number of nitro groups is 1. The minimum absolute atomic E-state index is 0.168. The lowest BCUT2D eigenvalue weighted by molar-refractivity contribution is -0.385. The normalized spacial score (nSPS) is 10.2. The van der Waals surface area contributed by atoms with E-state index in [1.807, 2.05) is 0 Å². The topological polar surface area (TPSA) is 92.5 Å². The van der Waals surface area contributed by atoms with Crippen molar-refractivity contribution in [3.63, 3.8) is 0 Å². The van der Waals surface area contributed by atoms with Crippen molar-refractivity contribution in [1.82, 2.24) is 0 Å². The van der Waals surface area contributed by atoms with Crippen molar-refractivity contribution in [2.45, 2.75) is 0 Å². The molecule has 0 atom stereocenters. The molecule has 1 amide bonds. The summed E-state index contributed by atoms with van der Waals surface area (Å²) >= 11 is 6.58. The number of amides is 1. The molecule has 2 aromatic rings. The van der Waals surface area contributed by atoms with E-state index in [4.69, 9.17) is 0 Å². The summed E-state index contributed by atoms with van der Waals surface area (Å²) in [4.78, 5) is 22.1. The second-order valence-corrected chi connectivity index (χ2v) is 5.78. The average Bonchev–Trinajstić information content (AvgIpc) is 2.41. The Labute approximate surface area is 136 Å². The molecule has 0 heterocycles. The van der Waals surface area contributed by atoms with Crippen molar-refractivity contribution in [2.75, 3.05) is 5.32 Å². The first kappa shape index (κ1) is 15.5. The van der Waals surface area contributed by atoms with Crippen LogP contribution < -0.4 is 5.32 Å². The number of nitrogens with one attached hydrogen (secondary N) is 1. The van der Waals surface area contributed by atoms with Crippen molar-refractivity contribution in [3.8, 4) is 5.75 Å². The molecule has 0 saturated heterocycles. The molecule has 0 aliphatic rings. The van der Waals surface area contributed by atoms with Crippen LogP contribution in [0, 0.1) is 10.1 Å². The Kier molecular flexibility index (Phi) is 4.59. The minimum Gasteiger partial charge on any atom is -0.502 e. The van der Waals surface area contributed by atoms with Gasteiger partial charge >= 0.3 is 5.69 Å². The molecule has 2 N–H and O–H groups in total. The molecule has 0 fully saturated rings. The molecule has 6 nitrogen and oxygen atoms in total. The number of rotatable bonds is 3. The Bertz CT molecular complexity index is 734. The van der Waals surface area contributed by atoms with Crippen LogP contribution in [0.5, 0.6) is 5.75 Å². The molecule has 0 aliphatic heterocycles. The number of hydrogen-bond donors (Lipinski definition) is 2. The fourth-order valence-corrected chi connectivity index (χ4v) is 2.79. The van der Waals surface area contributed by atoms with Gasteiger partial charge in [-0.05, 0) is 40.2 Å². The summed E-state index contributed by atoms with van der Waals surface area (Å²) in [6.45, 7) is 0. The number of phenols is 1. The predicted molar refractivity (Wildman–Crippen MR) is 84.6 cm³/mol. The maximum absolute atomic E-state index is 12.1. The van der Waals surface area contributed by atoms with Crippen LogP contribution in [0.15, 0.2) is 45.3 Å². The van der Waals surface area contributed by atoms with Crippen LogP contribution in [0.2, 0.25) is 0 Å². The Balaban J connectivity index is 2.33. The third-order valence-corrected chi connectivity index (χ3v) is 3.78. The molecule has 0 unspecified atom stereocenters. The molecule has 108 valence electrons. The standard InChI is InChI=1S/C13H8Br2N2O4/c14-7-4-5-10(9(15)6-7)16-13(19)8-2-1-3-11(12(8)18)17(20)21/h1-6,18H,(H,16,19). The van der Waals surface area contributed by atoms with Crippen molar-refractivity contribution < 1.29 is 14.8 Å². The van der Waals surface area contributed by atoms with Crippen LogP contribution in [0.25, 0.3) is 0 Å². The summed E-state index contributed by atoms with van der Waals surface area (Å²) in [7, 11) is 0. The number of phenolic OH excluding ortho intramolecular Hbond substituents is 1. The van der Waals surface area contributed by atoms with Gasteiger partial charge in [0.2, 0.25) is 5.75 Å². The molecule has 0 radical (unpaired) electrons. The molecule has 2 rings (SSSR count). The monoisotopic (exact) mass is 414 g/mol. The van der Waals surface area contributed by atoms with E-state index in [2.05, 4.69) is 37.2 Å². The quantitative estimate of drug-likeness (QED) is 0.583. The van der Waals surface area contributed by atoms with E-state index in [0.717, 1.165) is 10.5 Å². The van der Waals surface area contributed by atoms with Gasteiger partial charge in [-0.15, -0.1) is 0 Å². The number of benzene rings is 2. The lowest BCUT2D eigenvalue weighted by atomic mass is 10.1. The lowest BCUT2D eigenvalue weighted by Gasteiger charge is -2.09. The number of para-hydroxylation sites is 1. The van der Waals surface area contributed by atoms with Crippen molar-refractivity contribution in [3.05, 3.63) is 61.0 Å².